The number of unbranched alkanes of at least 4 members (excludes halogenated alkanes) is 12. The number of benzene rings is 9. The number of nitrogens with zero attached hydrogens (tertiary/aromatic N) is 6. The SMILES string of the molecule is CCCCCCOc1ccc(-c2nc3c(-c4ccc(/C=C(/C#N)C(=O)O)cc4)c4nc(-c5ccc(OCCCCCC)cc5)c(-c5ccc(OCCCCCC)cc5)nc4c(-c4ccc(N(c5ccc(C(C)(C)C)cc5)c5ccc(C(C)(C)C)cc5)cc4)c3nc2-c2ccc(OCCCCCC)cc2)cc1. The Labute approximate surface area is 628 Å². The number of aromatic nitrogens is 4. The lowest BCUT2D eigenvalue weighted by Gasteiger charge is -2.28. The van der Waals surface area contributed by atoms with Gasteiger partial charge < -0.3 is 29.0 Å². The van der Waals surface area contributed by atoms with Crippen molar-refractivity contribution in [3.8, 4) is 96.4 Å². The highest BCUT2D eigenvalue weighted by Crippen LogP contribution is 2.48. The summed E-state index contributed by atoms with van der Waals surface area (Å²) in [5, 5.41) is 20.0. The van der Waals surface area contributed by atoms with E-state index in [0.717, 1.165) is 171 Å². The molecule has 0 bridgehead atoms. The van der Waals surface area contributed by atoms with Crippen LogP contribution >= 0.6 is 0 Å². The maximum Gasteiger partial charge on any atom is 0.346 e. The first-order valence-electron chi connectivity index (χ1n) is 38.6. The summed E-state index contributed by atoms with van der Waals surface area (Å²) in [5.41, 5.74) is 16.5. The third-order valence-corrected chi connectivity index (χ3v) is 19.6. The molecule has 0 aliphatic heterocycles. The van der Waals surface area contributed by atoms with E-state index in [-0.39, 0.29) is 16.4 Å². The maximum atomic E-state index is 12.3. The van der Waals surface area contributed by atoms with Crippen LogP contribution in [0.25, 0.3) is 95.4 Å². The normalized spacial score (nSPS) is 11.8. The molecule has 0 atom stereocenters. The van der Waals surface area contributed by atoms with E-state index in [9.17, 15) is 15.2 Å². The Bertz CT molecular complexity index is 4530. The van der Waals surface area contributed by atoms with E-state index in [1.165, 1.54) is 17.2 Å². The van der Waals surface area contributed by atoms with Crippen molar-refractivity contribution in [1.29, 1.82) is 5.26 Å². The zero-order valence-corrected chi connectivity index (χ0v) is 63.9. The molecule has 106 heavy (non-hydrogen) atoms. The number of hydrogen-bond donors (Lipinski definition) is 1. The average molecular weight is 1410 g/mol. The van der Waals surface area contributed by atoms with E-state index >= 15 is 0 Å². The van der Waals surface area contributed by atoms with Gasteiger partial charge >= 0.3 is 5.97 Å². The molecule has 0 radical (unpaired) electrons. The fourth-order valence-electron chi connectivity index (χ4n) is 13.4. The first-order valence-corrected chi connectivity index (χ1v) is 38.6. The second-order valence-electron chi connectivity index (χ2n) is 29.8. The van der Waals surface area contributed by atoms with Crippen LogP contribution in [0.3, 0.4) is 0 Å². The van der Waals surface area contributed by atoms with Crippen molar-refractivity contribution < 1.29 is 28.8 Å². The fourth-order valence-corrected chi connectivity index (χ4v) is 13.4. The third kappa shape index (κ3) is 19.3. The second-order valence-corrected chi connectivity index (χ2v) is 29.8. The molecule has 2 heterocycles. The highest BCUT2D eigenvalue weighted by molar-refractivity contribution is 6.18. The highest BCUT2D eigenvalue weighted by atomic mass is 16.5. The first-order chi connectivity index (χ1) is 51.5. The van der Waals surface area contributed by atoms with Gasteiger partial charge in [0.1, 0.15) is 56.7 Å². The summed E-state index contributed by atoms with van der Waals surface area (Å²) in [4.78, 5) is 38.5. The molecular weight excluding hydrogens is 1310 g/mol. The molecule has 2 aromatic heterocycles. The van der Waals surface area contributed by atoms with Crippen LogP contribution in [0.4, 0.5) is 17.1 Å². The molecule has 11 aromatic rings. The Hall–Kier alpha value is -10.6. The third-order valence-electron chi connectivity index (χ3n) is 19.6. The Morgan fingerprint density at radius 2 is 0.623 bits per heavy atom. The Morgan fingerprint density at radius 1 is 0.368 bits per heavy atom. The average Bonchev–Trinajstić information content (AvgIpc) is 0.713. The van der Waals surface area contributed by atoms with E-state index in [1.807, 2.05) is 78.9 Å². The minimum absolute atomic E-state index is 0.0468. The van der Waals surface area contributed by atoms with Gasteiger partial charge in [-0.1, -0.05) is 207 Å². The predicted molar refractivity (Wildman–Crippen MR) is 437 cm³/mol. The second kappa shape index (κ2) is 36.4. The summed E-state index contributed by atoms with van der Waals surface area (Å²) in [6.07, 6.45) is 18.9. The van der Waals surface area contributed by atoms with Crippen LogP contribution in [0.15, 0.2) is 200 Å². The van der Waals surface area contributed by atoms with Crippen molar-refractivity contribution in [2.45, 2.75) is 183 Å². The number of carboxylic acids is 1. The van der Waals surface area contributed by atoms with Crippen LogP contribution in [-0.2, 0) is 15.6 Å². The van der Waals surface area contributed by atoms with Crippen molar-refractivity contribution in [2.75, 3.05) is 31.3 Å². The number of carbonyl (C=O) groups is 1. The summed E-state index contributed by atoms with van der Waals surface area (Å²) in [6.45, 7) is 24.8. The minimum atomic E-state index is -1.31. The summed E-state index contributed by atoms with van der Waals surface area (Å²) in [6, 6.07) is 68.6. The lowest BCUT2D eigenvalue weighted by Crippen LogP contribution is -2.14. The zero-order valence-electron chi connectivity index (χ0n) is 63.9. The van der Waals surface area contributed by atoms with Gasteiger partial charge in [-0.3, -0.25) is 0 Å². The topological polar surface area (TPSA) is 153 Å². The van der Waals surface area contributed by atoms with Crippen LogP contribution in [-0.4, -0.2) is 57.4 Å². The van der Waals surface area contributed by atoms with Crippen LogP contribution in [0.1, 0.15) is 189 Å². The minimum Gasteiger partial charge on any atom is -0.494 e. The summed E-state index contributed by atoms with van der Waals surface area (Å²) in [7, 11) is 0. The molecule has 0 amide bonds. The lowest BCUT2D eigenvalue weighted by atomic mass is 9.86. The smallest absolute Gasteiger partial charge is 0.346 e. The van der Waals surface area contributed by atoms with Gasteiger partial charge in [-0.25, -0.2) is 24.7 Å². The molecule has 0 saturated heterocycles. The van der Waals surface area contributed by atoms with Crippen molar-refractivity contribution in [2.24, 2.45) is 0 Å². The summed E-state index contributed by atoms with van der Waals surface area (Å²) < 4.78 is 25.5. The molecule has 0 aliphatic rings. The number of rotatable bonds is 35. The van der Waals surface area contributed by atoms with Gasteiger partial charge in [0.2, 0.25) is 0 Å². The molecule has 12 nitrogen and oxygen atoms in total. The first kappa shape index (κ1) is 76.5. The summed E-state index contributed by atoms with van der Waals surface area (Å²) in [5.74, 6) is 1.76. The van der Waals surface area contributed by atoms with Gasteiger partial charge in [-0.15, -0.1) is 0 Å². The van der Waals surface area contributed by atoms with Crippen LogP contribution < -0.4 is 23.8 Å². The number of aliphatic carboxylic acids is 1. The molecule has 11 rings (SSSR count). The Morgan fingerprint density at radius 3 is 0.868 bits per heavy atom. The van der Waals surface area contributed by atoms with Crippen molar-refractivity contribution in [1.82, 2.24) is 19.9 Å². The predicted octanol–water partition coefficient (Wildman–Crippen LogP) is 25.5. The highest BCUT2D eigenvalue weighted by Gasteiger charge is 2.29. The number of hydrogen-bond acceptors (Lipinski definition) is 11. The molecule has 1 N–H and O–H groups in total. The van der Waals surface area contributed by atoms with Gasteiger partial charge in [-0.2, -0.15) is 5.26 Å². The summed E-state index contributed by atoms with van der Waals surface area (Å²) >= 11 is 0. The van der Waals surface area contributed by atoms with Crippen LogP contribution in [0, 0.1) is 11.3 Å². The van der Waals surface area contributed by atoms with E-state index in [4.69, 9.17) is 38.9 Å². The molecular formula is C94H104N6O6. The van der Waals surface area contributed by atoms with Crippen LogP contribution in [0.2, 0.25) is 0 Å². The van der Waals surface area contributed by atoms with E-state index in [1.54, 1.807) is 0 Å². The molecule has 12 heteroatoms. The lowest BCUT2D eigenvalue weighted by molar-refractivity contribution is -0.132. The molecule has 9 aromatic carbocycles. The Balaban J connectivity index is 1.22. The van der Waals surface area contributed by atoms with Crippen molar-refractivity contribution in [3.05, 3.63) is 216 Å². The van der Waals surface area contributed by atoms with Gasteiger partial charge in [0.15, 0.2) is 0 Å². The molecule has 0 unspecified atom stereocenters. The number of carboxylic acid groups (broad SMARTS) is 1. The fraction of sp³-hybridized carbons (Fsp3) is 0.340. The molecule has 546 valence electrons. The van der Waals surface area contributed by atoms with E-state index in [2.05, 4.69) is 195 Å². The Kier molecular flexibility index (Phi) is 26.3. The molecule has 0 aliphatic carbocycles. The standard InChI is InChI=1S/C94H104N6O6/c1-11-15-19-23-59-103-78-51-33-68(34-52-78)84-86(70-37-55-80(56-38-70)105-61-25-21-17-13-3)98-90-83(67-31-45-75(46-32-67)100(76-47-41-73(42-48-76)93(5,6)7)77-49-43-74(44-50-77)94(8,9)10)91-89(82(88(90)96-84)66-29-27-65(28-30-66)63-72(64-95)92(101)102)97-85(69-35-53-79(54-36-69)104-60-24-20-16-12-2)87(99-91)71-39-57-81(58-40-71)106-62-26-22-18-14-4/h27-58,63H,11-26,59-62H2,1-10H3,(H,101,102)/b72-63-. The molecule has 0 spiro atoms. The number of ether oxygens (including phenoxy) is 4. The zero-order chi connectivity index (χ0) is 74.6. The molecule has 0 saturated carbocycles. The number of anilines is 3. The quantitative estimate of drug-likeness (QED) is 0.0174. The van der Waals surface area contributed by atoms with Gasteiger partial charge in [-0.05, 0) is 204 Å². The monoisotopic (exact) mass is 1410 g/mol. The largest absolute Gasteiger partial charge is 0.494 e. The van der Waals surface area contributed by atoms with Gasteiger partial charge in [0.25, 0.3) is 0 Å². The molecule has 0 fully saturated rings. The van der Waals surface area contributed by atoms with Crippen molar-refractivity contribution >= 4 is 51.2 Å². The van der Waals surface area contributed by atoms with Crippen LogP contribution in [0.5, 0.6) is 23.0 Å². The number of nitriles is 1. The maximum absolute atomic E-state index is 12.3. The van der Waals surface area contributed by atoms with E-state index in [0.29, 0.717) is 93.5 Å². The number of fused-ring (bicyclic) bond motifs is 2. The van der Waals surface area contributed by atoms with Gasteiger partial charge in [0.05, 0.1) is 49.2 Å². The van der Waals surface area contributed by atoms with Crippen molar-refractivity contribution in [3.63, 3.8) is 0 Å². The van der Waals surface area contributed by atoms with E-state index < -0.39 is 5.97 Å². The van der Waals surface area contributed by atoms with Gasteiger partial charge in [0, 0.05) is 50.4 Å².